The van der Waals surface area contributed by atoms with Gasteiger partial charge in [-0.2, -0.15) is 0 Å². The fourth-order valence-corrected chi connectivity index (χ4v) is 2.60. The van der Waals surface area contributed by atoms with E-state index in [2.05, 4.69) is 10.3 Å². The molecule has 138 valence electrons. The highest BCUT2D eigenvalue weighted by Crippen LogP contribution is 2.32. The third-order valence-electron chi connectivity index (χ3n) is 4.04. The van der Waals surface area contributed by atoms with E-state index >= 15 is 0 Å². The number of anilines is 1. The first kappa shape index (κ1) is 18.3. The molecule has 1 N–H and O–H groups in total. The van der Waals surface area contributed by atoms with Crippen LogP contribution in [-0.4, -0.2) is 32.2 Å². The Morgan fingerprint density at radius 2 is 1.67 bits per heavy atom. The van der Waals surface area contributed by atoms with Gasteiger partial charge in [0.1, 0.15) is 17.2 Å². The van der Waals surface area contributed by atoms with Crippen LogP contribution in [0.15, 0.2) is 60.8 Å². The molecule has 1 heterocycles. The number of pyridine rings is 1. The fourth-order valence-electron chi connectivity index (χ4n) is 2.60. The lowest BCUT2D eigenvalue weighted by Gasteiger charge is -2.11. The summed E-state index contributed by atoms with van der Waals surface area (Å²) in [5, 5.41) is 2.83. The Bertz CT molecular complexity index is 939. The number of hydrogen-bond acceptors (Lipinski definition) is 5. The zero-order chi connectivity index (χ0) is 19.2. The zero-order valence-electron chi connectivity index (χ0n) is 15.4. The molecule has 0 atom stereocenters. The van der Waals surface area contributed by atoms with Crippen molar-refractivity contribution < 1.29 is 19.0 Å². The number of hydrogen-bond donors (Lipinski definition) is 1. The average Bonchev–Trinajstić information content (AvgIpc) is 2.73. The van der Waals surface area contributed by atoms with Crippen molar-refractivity contribution >= 4 is 11.6 Å². The van der Waals surface area contributed by atoms with Crippen molar-refractivity contribution in [1.29, 1.82) is 0 Å². The second-order valence-electron chi connectivity index (χ2n) is 5.68. The second kappa shape index (κ2) is 8.23. The molecule has 0 aliphatic rings. The molecule has 2 aromatic carbocycles. The molecule has 1 amide bonds. The van der Waals surface area contributed by atoms with E-state index in [1.807, 2.05) is 24.3 Å². The number of methoxy groups -OCH3 is 3. The topological polar surface area (TPSA) is 69.7 Å². The van der Waals surface area contributed by atoms with Crippen LogP contribution in [-0.2, 0) is 0 Å². The Morgan fingerprint density at radius 1 is 0.889 bits per heavy atom. The molecular formula is C21H20N2O4. The first-order valence-electron chi connectivity index (χ1n) is 8.28. The minimum absolute atomic E-state index is 0.246. The van der Waals surface area contributed by atoms with Crippen molar-refractivity contribution in [2.24, 2.45) is 0 Å². The van der Waals surface area contributed by atoms with Crippen LogP contribution in [0.25, 0.3) is 11.3 Å². The molecule has 0 aliphatic carbocycles. The minimum Gasteiger partial charge on any atom is -0.497 e. The van der Waals surface area contributed by atoms with Crippen LogP contribution < -0.4 is 19.5 Å². The van der Waals surface area contributed by atoms with Crippen LogP contribution in [0.3, 0.4) is 0 Å². The van der Waals surface area contributed by atoms with Crippen molar-refractivity contribution in [3.63, 3.8) is 0 Å². The minimum atomic E-state index is -0.246. The Morgan fingerprint density at radius 3 is 2.33 bits per heavy atom. The van der Waals surface area contributed by atoms with Gasteiger partial charge < -0.3 is 19.5 Å². The Balaban J connectivity index is 1.79. The molecule has 0 fully saturated rings. The maximum atomic E-state index is 12.4. The van der Waals surface area contributed by atoms with Crippen LogP contribution >= 0.6 is 0 Å². The van der Waals surface area contributed by atoms with Gasteiger partial charge in [0.05, 0.1) is 32.6 Å². The van der Waals surface area contributed by atoms with E-state index < -0.39 is 0 Å². The monoisotopic (exact) mass is 364 g/mol. The third-order valence-corrected chi connectivity index (χ3v) is 4.04. The summed E-state index contributed by atoms with van der Waals surface area (Å²) in [6, 6.07) is 16.2. The summed E-state index contributed by atoms with van der Waals surface area (Å²) in [6.07, 6.45) is 1.54. The van der Waals surface area contributed by atoms with E-state index in [1.165, 1.54) is 6.20 Å². The molecule has 27 heavy (non-hydrogen) atoms. The zero-order valence-corrected chi connectivity index (χ0v) is 15.4. The molecule has 0 saturated heterocycles. The van der Waals surface area contributed by atoms with Gasteiger partial charge in [0.2, 0.25) is 0 Å². The van der Waals surface area contributed by atoms with Gasteiger partial charge in [0.15, 0.2) is 0 Å². The Hall–Kier alpha value is -3.54. The second-order valence-corrected chi connectivity index (χ2v) is 5.68. The summed E-state index contributed by atoms with van der Waals surface area (Å²) in [7, 11) is 4.77. The lowest BCUT2D eigenvalue weighted by molar-refractivity contribution is 0.102. The molecule has 6 heteroatoms. The van der Waals surface area contributed by atoms with Gasteiger partial charge in [-0.05, 0) is 36.4 Å². The molecule has 0 saturated carbocycles. The van der Waals surface area contributed by atoms with Gasteiger partial charge >= 0.3 is 0 Å². The Labute approximate surface area is 157 Å². The smallest absolute Gasteiger partial charge is 0.257 e. The summed E-state index contributed by atoms with van der Waals surface area (Å²) < 4.78 is 15.8. The molecule has 6 nitrogen and oxygen atoms in total. The number of carbonyl (C=O) groups is 1. The van der Waals surface area contributed by atoms with Crippen LogP contribution in [0.5, 0.6) is 17.2 Å². The van der Waals surface area contributed by atoms with Crippen molar-refractivity contribution in [3.05, 3.63) is 66.4 Å². The van der Waals surface area contributed by atoms with E-state index in [-0.39, 0.29) is 5.91 Å². The van der Waals surface area contributed by atoms with E-state index in [1.54, 1.807) is 51.7 Å². The van der Waals surface area contributed by atoms with Crippen molar-refractivity contribution in [2.45, 2.75) is 0 Å². The molecule has 0 unspecified atom stereocenters. The summed E-state index contributed by atoms with van der Waals surface area (Å²) >= 11 is 0. The van der Waals surface area contributed by atoms with Gasteiger partial charge in [0.25, 0.3) is 5.91 Å². The highest BCUT2D eigenvalue weighted by atomic mass is 16.5. The van der Waals surface area contributed by atoms with Crippen LogP contribution in [0.1, 0.15) is 10.4 Å². The largest absolute Gasteiger partial charge is 0.497 e. The number of ether oxygens (including phenoxy) is 3. The van der Waals surface area contributed by atoms with Gasteiger partial charge in [-0.3, -0.25) is 9.78 Å². The van der Waals surface area contributed by atoms with Gasteiger partial charge in [0, 0.05) is 29.6 Å². The number of rotatable bonds is 6. The number of aromatic nitrogens is 1. The van der Waals surface area contributed by atoms with Crippen molar-refractivity contribution in [3.8, 4) is 28.5 Å². The van der Waals surface area contributed by atoms with E-state index in [9.17, 15) is 4.79 Å². The summed E-state index contributed by atoms with van der Waals surface area (Å²) in [5.74, 6) is 1.78. The standard InChI is InChI=1S/C21H20N2O4/c1-25-16-6-4-5-15(11-16)23-21(24)14-7-10-19(22-13-14)18-9-8-17(26-2)12-20(18)27-3/h4-13H,1-3H3,(H,23,24). The summed E-state index contributed by atoms with van der Waals surface area (Å²) in [6.45, 7) is 0. The first-order chi connectivity index (χ1) is 13.1. The fraction of sp³-hybridized carbons (Fsp3) is 0.143. The lowest BCUT2D eigenvalue weighted by atomic mass is 10.1. The van der Waals surface area contributed by atoms with Crippen LogP contribution in [0.2, 0.25) is 0 Å². The molecule has 0 spiro atoms. The number of carbonyl (C=O) groups excluding carboxylic acids is 1. The predicted octanol–water partition coefficient (Wildman–Crippen LogP) is 4.03. The number of amides is 1. The third kappa shape index (κ3) is 4.17. The average molecular weight is 364 g/mol. The molecule has 3 rings (SSSR count). The van der Waals surface area contributed by atoms with Gasteiger partial charge in [-0.1, -0.05) is 6.07 Å². The highest BCUT2D eigenvalue weighted by Gasteiger charge is 2.11. The Kier molecular flexibility index (Phi) is 5.56. The first-order valence-corrected chi connectivity index (χ1v) is 8.28. The SMILES string of the molecule is COc1cccc(NC(=O)c2ccc(-c3ccc(OC)cc3OC)nc2)c1. The van der Waals surface area contributed by atoms with Crippen LogP contribution in [0, 0.1) is 0 Å². The molecule has 0 aliphatic heterocycles. The van der Waals surface area contributed by atoms with Crippen LogP contribution in [0.4, 0.5) is 5.69 Å². The molecular weight excluding hydrogens is 344 g/mol. The molecule has 3 aromatic rings. The maximum absolute atomic E-state index is 12.4. The highest BCUT2D eigenvalue weighted by molar-refractivity contribution is 6.04. The van der Waals surface area contributed by atoms with E-state index in [4.69, 9.17) is 14.2 Å². The molecule has 0 bridgehead atoms. The maximum Gasteiger partial charge on any atom is 0.257 e. The predicted molar refractivity (Wildman–Crippen MR) is 104 cm³/mol. The normalized spacial score (nSPS) is 10.2. The number of nitrogens with zero attached hydrogens (tertiary/aromatic N) is 1. The molecule has 0 radical (unpaired) electrons. The van der Waals surface area contributed by atoms with Gasteiger partial charge in [-0.25, -0.2) is 0 Å². The van der Waals surface area contributed by atoms with E-state index in [0.717, 1.165) is 5.56 Å². The molecule has 1 aromatic heterocycles. The van der Waals surface area contributed by atoms with Crippen molar-refractivity contribution in [1.82, 2.24) is 4.98 Å². The van der Waals surface area contributed by atoms with E-state index in [0.29, 0.717) is 34.2 Å². The number of nitrogens with one attached hydrogen (secondary N) is 1. The summed E-state index contributed by atoms with van der Waals surface area (Å²) in [4.78, 5) is 16.8. The quantitative estimate of drug-likeness (QED) is 0.715. The van der Waals surface area contributed by atoms with Crippen molar-refractivity contribution in [2.75, 3.05) is 26.6 Å². The summed E-state index contributed by atoms with van der Waals surface area (Å²) in [5.41, 5.74) is 2.62. The van der Waals surface area contributed by atoms with Gasteiger partial charge in [-0.15, -0.1) is 0 Å². The number of benzene rings is 2. The lowest BCUT2D eigenvalue weighted by Crippen LogP contribution is -2.12.